The van der Waals surface area contributed by atoms with Crippen LogP contribution in [0.15, 0.2) is 0 Å². The molecule has 0 saturated heterocycles. The van der Waals surface area contributed by atoms with Crippen LogP contribution in [0.5, 0.6) is 0 Å². The molecule has 0 rings (SSSR count). The van der Waals surface area contributed by atoms with Crippen molar-refractivity contribution in [1.82, 2.24) is 0 Å². The van der Waals surface area contributed by atoms with Crippen LogP contribution in [0.1, 0.15) is 440 Å². The molecule has 0 aliphatic carbocycles. The summed E-state index contributed by atoms with van der Waals surface area (Å²) in [6, 6.07) is 0. The summed E-state index contributed by atoms with van der Waals surface area (Å²) in [6.45, 7) is 26.1. The molecule has 0 amide bonds. The molecule has 0 aromatic heterocycles. The van der Waals surface area contributed by atoms with E-state index in [1.54, 1.807) is 0 Å². The summed E-state index contributed by atoms with van der Waals surface area (Å²) >= 11 is 0. The molecule has 0 bridgehead atoms. The molecule has 2 heteroatoms. The van der Waals surface area contributed by atoms with Crippen LogP contribution in [-0.4, -0.2) is 61.3 Å². The zero-order valence-corrected chi connectivity index (χ0v) is 56.4. The van der Waals surface area contributed by atoms with Gasteiger partial charge in [-0.15, -0.1) is 0 Å². The van der Waals surface area contributed by atoms with Gasteiger partial charge >= 0.3 is 0 Å². The molecule has 2 nitrogen and oxygen atoms in total. The summed E-state index contributed by atoms with van der Waals surface area (Å²) in [4.78, 5) is 0. The largest absolute Gasteiger partial charge is 0.324 e. The molecule has 0 heterocycles. The Kier molecular flexibility index (Phi) is 66.0. The van der Waals surface area contributed by atoms with Gasteiger partial charge in [-0.25, -0.2) is 0 Å². The number of hydrogen-bond donors (Lipinski definition) is 0. The van der Waals surface area contributed by atoms with Crippen molar-refractivity contribution in [2.75, 3.05) is 52.4 Å². The molecule has 0 fully saturated rings. The van der Waals surface area contributed by atoms with Crippen molar-refractivity contribution in [3.05, 3.63) is 0 Å². The van der Waals surface area contributed by atoms with Gasteiger partial charge in [-0.3, -0.25) is 0 Å². The Morgan fingerprint density at radius 3 is 0.282 bits per heavy atom. The maximum atomic E-state index is 2.36. The van der Waals surface area contributed by atoms with E-state index in [1.165, 1.54) is 459 Å². The van der Waals surface area contributed by atoms with Crippen molar-refractivity contribution in [2.24, 2.45) is 0 Å². The van der Waals surface area contributed by atoms with Crippen molar-refractivity contribution in [1.29, 1.82) is 0 Å². The molecule has 0 unspecified atom stereocenters. The lowest BCUT2D eigenvalue weighted by atomic mass is 10.0. The number of quaternary nitrogens is 2. The third-order valence-corrected chi connectivity index (χ3v) is 19.4. The van der Waals surface area contributed by atoms with Crippen LogP contribution in [0.2, 0.25) is 0 Å². The third-order valence-electron chi connectivity index (χ3n) is 19.4. The zero-order chi connectivity index (χ0) is 56.5. The summed E-state index contributed by atoms with van der Waals surface area (Å²) in [5.74, 6) is 0. The molecule has 0 N–H and O–H groups in total. The van der Waals surface area contributed by atoms with E-state index < -0.39 is 0 Å². The van der Waals surface area contributed by atoms with Gasteiger partial charge < -0.3 is 8.97 Å². The first-order chi connectivity index (χ1) is 38.6. The summed E-state index contributed by atoms with van der Waals surface area (Å²) in [6.07, 6.45) is 91.0. The Morgan fingerprint density at radius 2 is 0.179 bits per heavy atom. The van der Waals surface area contributed by atoms with Crippen LogP contribution in [0, 0.1) is 0 Å². The first-order valence-corrected chi connectivity index (χ1v) is 38.3. The van der Waals surface area contributed by atoms with Crippen LogP contribution in [0.3, 0.4) is 0 Å². The first kappa shape index (κ1) is 77.9. The highest BCUT2D eigenvalue weighted by molar-refractivity contribution is 4.60. The molecule has 0 aromatic carbocycles. The quantitative estimate of drug-likeness (QED) is 0.0421. The van der Waals surface area contributed by atoms with E-state index in [0.717, 1.165) is 0 Å². The molecule has 0 atom stereocenters. The van der Waals surface area contributed by atoms with Gasteiger partial charge in [0, 0.05) is 12.8 Å². The van der Waals surface area contributed by atoms with Crippen LogP contribution >= 0.6 is 0 Å². The molecule has 470 valence electrons. The molecule has 0 aromatic rings. The van der Waals surface area contributed by atoms with Crippen molar-refractivity contribution < 1.29 is 8.97 Å². The van der Waals surface area contributed by atoms with E-state index >= 15 is 0 Å². The molecule has 0 aliphatic heterocycles. The second-order valence-corrected chi connectivity index (χ2v) is 27.3. The fourth-order valence-electron chi connectivity index (χ4n) is 13.8. The Bertz CT molecular complexity index is 850. The average Bonchev–Trinajstić information content (AvgIpc) is 3.45. The van der Waals surface area contributed by atoms with Crippen LogP contribution in [0.4, 0.5) is 0 Å². The Hall–Kier alpha value is -0.0800. The molecule has 78 heavy (non-hydrogen) atoms. The zero-order valence-electron chi connectivity index (χ0n) is 56.4. The minimum atomic E-state index is 1.37. The first-order valence-electron chi connectivity index (χ1n) is 38.3. The standard InChI is InChI=1S/C76H158N2/c1-7-13-19-25-31-37-43-49-55-61-69-77(70-62-56-50-44-38-32-26-20-14-8-2,71-63-57-51-45-39-33-27-21-15-9-3)75-67-68-76-78(72-64-58-52-46-40-34-28-22-16-10-4,73-65-59-53-47-41-35-29-23-17-11-5)74-66-60-54-48-42-36-30-24-18-12-6/h7-76H2,1-6H3/q+2. The van der Waals surface area contributed by atoms with Crippen LogP contribution < -0.4 is 0 Å². The number of nitrogens with zero attached hydrogens (tertiary/aromatic N) is 2. The second-order valence-electron chi connectivity index (χ2n) is 27.3. The van der Waals surface area contributed by atoms with Gasteiger partial charge in [0.1, 0.15) is 0 Å². The lowest BCUT2D eigenvalue weighted by Crippen LogP contribution is -2.52. The maximum Gasteiger partial charge on any atom is 0.0788 e. The smallest absolute Gasteiger partial charge is 0.0788 e. The van der Waals surface area contributed by atoms with E-state index in [1.807, 2.05) is 0 Å². The fraction of sp³-hybridized carbons (Fsp3) is 1.00. The second kappa shape index (κ2) is 66.1. The van der Waals surface area contributed by atoms with E-state index in [2.05, 4.69) is 41.5 Å². The van der Waals surface area contributed by atoms with Gasteiger partial charge in [0.05, 0.1) is 52.4 Å². The van der Waals surface area contributed by atoms with Gasteiger partial charge in [0.25, 0.3) is 0 Å². The molecule has 0 radical (unpaired) electrons. The fourth-order valence-corrected chi connectivity index (χ4v) is 13.8. The number of unbranched alkanes of at least 4 members (excludes halogenated alkanes) is 55. The average molecular weight is 1100 g/mol. The summed E-state index contributed by atoms with van der Waals surface area (Å²) in [7, 11) is 0. The molecule has 0 saturated carbocycles. The minimum absolute atomic E-state index is 1.37. The number of hydrogen-bond acceptors (Lipinski definition) is 0. The van der Waals surface area contributed by atoms with E-state index in [4.69, 9.17) is 0 Å². The monoisotopic (exact) mass is 1100 g/mol. The maximum absolute atomic E-state index is 2.36. The minimum Gasteiger partial charge on any atom is -0.324 e. The topological polar surface area (TPSA) is 0 Å². The number of rotatable bonds is 71. The predicted molar refractivity (Wildman–Crippen MR) is 360 cm³/mol. The van der Waals surface area contributed by atoms with Gasteiger partial charge in [0.2, 0.25) is 0 Å². The Morgan fingerprint density at radius 1 is 0.103 bits per heavy atom. The summed E-state index contributed by atoms with van der Waals surface area (Å²) in [5, 5.41) is 0. The van der Waals surface area contributed by atoms with Gasteiger partial charge in [-0.1, -0.05) is 350 Å². The van der Waals surface area contributed by atoms with E-state index in [-0.39, 0.29) is 0 Å². The van der Waals surface area contributed by atoms with Gasteiger partial charge in [-0.2, -0.15) is 0 Å². The Balaban J connectivity index is 6.25. The van der Waals surface area contributed by atoms with Gasteiger partial charge in [0.15, 0.2) is 0 Å². The summed E-state index contributed by atoms with van der Waals surface area (Å²) in [5.41, 5.74) is 0. The highest BCUT2D eigenvalue weighted by Gasteiger charge is 2.29. The summed E-state index contributed by atoms with van der Waals surface area (Å²) < 4.78 is 2.97. The molecular formula is C76H158N2+2. The van der Waals surface area contributed by atoms with Crippen molar-refractivity contribution in [3.8, 4) is 0 Å². The highest BCUT2D eigenvalue weighted by atomic mass is 15.4. The van der Waals surface area contributed by atoms with Gasteiger partial charge in [-0.05, 0) is 77.0 Å². The Labute approximate surface area is 498 Å². The molecular weight excluding hydrogens is 941 g/mol. The molecule has 0 aliphatic rings. The van der Waals surface area contributed by atoms with E-state index in [9.17, 15) is 0 Å². The molecule has 0 spiro atoms. The SMILES string of the molecule is CCCCCCCCCCCC[N+](CCCCCCCCCCCC)(CCCCCCCCCCCC)CCCC[N+](CCCCCCCCCCCC)(CCCCCCCCCCCC)CCCCCCCCCCCC. The van der Waals surface area contributed by atoms with Crippen LogP contribution in [0.25, 0.3) is 0 Å². The van der Waals surface area contributed by atoms with Crippen molar-refractivity contribution in [3.63, 3.8) is 0 Å². The normalized spacial score (nSPS) is 12.2. The van der Waals surface area contributed by atoms with E-state index in [0.29, 0.717) is 0 Å². The highest BCUT2D eigenvalue weighted by Crippen LogP contribution is 2.25. The van der Waals surface area contributed by atoms with Crippen LogP contribution in [-0.2, 0) is 0 Å². The lowest BCUT2D eigenvalue weighted by molar-refractivity contribution is -0.935. The third kappa shape index (κ3) is 56.4. The lowest BCUT2D eigenvalue weighted by Gasteiger charge is -2.41. The van der Waals surface area contributed by atoms with Crippen molar-refractivity contribution in [2.45, 2.75) is 440 Å². The predicted octanol–water partition coefficient (Wildman–Crippen LogP) is 26.9. The van der Waals surface area contributed by atoms with Crippen molar-refractivity contribution >= 4 is 0 Å².